The minimum atomic E-state index is 0.598. The first kappa shape index (κ1) is 32.3. The Morgan fingerprint density at radius 3 is 1.55 bits per heavy atom. The topological polar surface area (TPSA) is 77.8 Å². The second-order valence-corrected chi connectivity index (χ2v) is 14.5. The van der Waals surface area contributed by atoms with Crippen LogP contribution in [0.5, 0.6) is 0 Å². The highest BCUT2D eigenvalue weighted by Gasteiger charge is 2.24. The van der Waals surface area contributed by atoms with E-state index in [0.29, 0.717) is 17.5 Å². The number of aromatic nitrogens is 4. The third-order valence-corrected chi connectivity index (χ3v) is 11.1. The number of para-hydroxylation sites is 4. The van der Waals surface area contributed by atoms with Gasteiger partial charge in [0.15, 0.2) is 17.5 Å². The molecule has 4 aromatic heterocycles. The van der Waals surface area contributed by atoms with Gasteiger partial charge in [0.1, 0.15) is 22.3 Å². The zero-order chi connectivity index (χ0) is 38.2. The molecule has 0 saturated heterocycles. The predicted octanol–water partition coefficient (Wildman–Crippen LogP) is 13.7. The van der Waals surface area contributed by atoms with E-state index < -0.39 is 0 Å². The highest BCUT2D eigenvalue weighted by atomic mass is 16.3. The third-order valence-electron chi connectivity index (χ3n) is 11.1. The quantitative estimate of drug-likeness (QED) is 0.163. The standard InChI is InChI=1S/C52H30N4O2/c1-3-14-32(15-4-1)50-54-51(33-16-5-2-6-17-33)56-52(55-50)34-28-26-31(27-29-34)48-40-30-44-46(38-20-9-12-25-43(38)57-44)47(45(40)37-19-7-10-23-41(37)53-48)39-22-13-21-36-35-18-8-11-24-42(35)58-49(36)39/h1-30H. The zero-order valence-corrected chi connectivity index (χ0v) is 30.9. The van der Waals surface area contributed by atoms with Crippen LogP contribution in [0.2, 0.25) is 0 Å². The smallest absolute Gasteiger partial charge is 0.164 e. The Kier molecular flexibility index (Phi) is 7.13. The van der Waals surface area contributed by atoms with Crippen LogP contribution in [0, 0.1) is 0 Å². The Morgan fingerprint density at radius 2 is 0.862 bits per heavy atom. The number of fused-ring (bicyclic) bond motifs is 9. The lowest BCUT2D eigenvalue weighted by atomic mass is 9.89. The van der Waals surface area contributed by atoms with Crippen LogP contribution in [0.3, 0.4) is 0 Å². The van der Waals surface area contributed by atoms with Gasteiger partial charge in [-0.1, -0.05) is 158 Å². The molecular formula is C52H30N4O2. The van der Waals surface area contributed by atoms with Gasteiger partial charge in [-0.05, 0) is 24.3 Å². The Hall–Kier alpha value is -7.96. The molecule has 0 unspecified atom stereocenters. The van der Waals surface area contributed by atoms with Crippen molar-refractivity contribution in [3.8, 4) is 56.5 Å². The summed E-state index contributed by atoms with van der Waals surface area (Å²) in [5.41, 5.74) is 10.8. The van der Waals surface area contributed by atoms with Crippen LogP contribution in [0.25, 0.3) is 122 Å². The van der Waals surface area contributed by atoms with Crippen molar-refractivity contribution in [2.24, 2.45) is 0 Å². The van der Waals surface area contributed by atoms with Gasteiger partial charge < -0.3 is 8.83 Å². The van der Waals surface area contributed by atoms with Crippen molar-refractivity contribution >= 4 is 65.6 Å². The molecule has 12 rings (SSSR count). The van der Waals surface area contributed by atoms with E-state index >= 15 is 0 Å². The summed E-state index contributed by atoms with van der Waals surface area (Å²) in [7, 11) is 0. The van der Waals surface area contributed by atoms with Crippen LogP contribution in [0.1, 0.15) is 0 Å². The van der Waals surface area contributed by atoms with E-state index in [1.165, 1.54) is 0 Å². The van der Waals surface area contributed by atoms with Gasteiger partial charge in [-0.3, -0.25) is 0 Å². The normalized spacial score (nSPS) is 11.8. The van der Waals surface area contributed by atoms with Gasteiger partial charge in [-0.2, -0.15) is 0 Å². The van der Waals surface area contributed by atoms with Crippen molar-refractivity contribution in [1.82, 2.24) is 19.9 Å². The molecule has 58 heavy (non-hydrogen) atoms. The summed E-state index contributed by atoms with van der Waals surface area (Å²) < 4.78 is 13.4. The molecule has 0 fully saturated rings. The van der Waals surface area contributed by atoms with E-state index in [4.69, 9.17) is 28.8 Å². The highest BCUT2D eigenvalue weighted by Crippen LogP contribution is 2.48. The molecule has 12 aromatic rings. The summed E-state index contributed by atoms with van der Waals surface area (Å²) in [6, 6.07) is 62.0. The largest absolute Gasteiger partial charge is 0.456 e. The van der Waals surface area contributed by atoms with Gasteiger partial charge in [0.2, 0.25) is 0 Å². The molecule has 0 aliphatic heterocycles. The Labute approximate surface area is 331 Å². The second kappa shape index (κ2) is 12.8. The first-order valence-electron chi connectivity index (χ1n) is 19.3. The molecule has 0 atom stereocenters. The summed E-state index contributed by atoms with van der Waals surface area (Å²) >= 11 is 0. The SMILES string of the molecule is c1ccc(-c2nc(-c3ccccc3)nc(-c3ccc(-c4nc5ccccc5c5c(-c6cccc7c6oc6ccccc67)c6c(cc45)oc4ccccc46)cc3)n2)cc1. The lowest BCUT2D eigenvalue weighted by Crippen LogP contribution is -2.00. The first-order chi connectivity index (χ1) is 28.7. The maximum absolute atomic E-state index is 6.72. The van der Waals surface area contributed by atoms with E-state index in [-0.39, 0.29) is 0 Å². The predicted molar refractivity (Wildman–Crippen MR) is 234 cm³/mol. The molecule has 0 radical (unpaired) electrons. The molecule has 0 amide bonds. The van der Waals surface area contributed by atoms with Crippen LogP contribution in [0.4, 0.5) is 0 Å². The van der Waals surface area contributed by atoms with Gasteiger partial charge in [-0.15, -0.1) is 0 Å². The Bertz CT molecular complexity index is 3500. The van der Waals surface area contributed by atoms with Crippen molar-refractivity contribution in [1.29, 1.82) is 0 Å². The maximum Gasteiger partial charge on any atom is 0.164 e. The highest BCUT2D eigenvalue weighted by molar-refractivity contribution is 6.29. The van der Waals surface area contributed by atoms with E-state index in [9.17, 15) is 0 Å². The molecule has 0 spiro atoms. The summed E-state index contributed by atoms with van der Waals surface area (Å²) in [5.74, 6) is 1.84. The molecule has 4 heterocycles. The number of rotatable bonds is 5. The Balaban J connectivity index is 1.11. The van der Waals surface area contributed by atoms with Gasteiger partial charge in [0.25, 0.3) is 0 Å². The van der Waals surface area contributed by atoms with Crippen molar-refractivity contribution in [3.63, 3.8) is 0 Å². The van der Waals surface area contributed by atoms with Crippen LogP contribution in [-0.4, -0.2) is 19.9 Å². The van der Waals surface area contributed by atoms with E-state index in [1.807, 2.05) is 84.9 Å². The average Bonchev–Trinajstić information content (AvgIpc) is 3.87. The Morgan fingerprint density at radius 1 is 0.328 bits per heavy atom. The second-order valence-electron chi connectivity index (χ2n) is 14.5. The van der Waals surface area contributed by atoms with Crippen molar-refractivity contribution in [2.75, 3.05) is 0 Å². The fourth-order valence-corrected chi connectivity index (χ4v) is 8.46. The number of nitrogens with zero attached hydrogens (tertiary/aromatic N) is 4. The molecule has 0 bridgehead atoms. The number of benzene rings is 8. The molecule has 6 nitrogen and oxygen atoms in total. The molecule has 0 aliphatic carbocycles. The number of pyridine rings is 1. The molecule has 8 aromatic carbocycles. The fraction of sp³-hybridized carbons (Fsp3) is 0. The lowest BCUT2D eigenvalue weighted by molar-refractivity contribution is 0.669. The number of furan rings is 2. The fourth-order valence-electron chi connectivity index (χ4n) is 8.46. The van der Waals surface area contributed by atoms with Crippen LogP contribution < -0.4 is 0 Å². The summed E-state index contributed by atoms with van der Waals surface area (Å²) in [6.45, 7) is 0. The first-order valence-corrected chi connectivity index (χ1v) is 19.3. The van der Waals surface area contributed by atoms with E-state index in [0.717, 1.165) is 105 Å². The zero-order valence-electron chi connectivity index (χ0n) is 30.9. The summed E-state index contributed by atoms with van der Waals surface area (Å²) in [5, 5.41) is 7.39. The molecule has 0 aliphatic rings. The van der Waals surface area contributed by atoms with E-state index in [1.54, 1.807) is 0 Å². The monoisotopic (exact) mass is 742 g/mol. The summed E-state index contributed by atoms with van der Waals surface area (Å²) in [4.78, 5) is 20.2. The lowest BCUT2D eigenvalue weighted by Gasteiger charge is -2.16. The van der Waals surface area contributed by atoms with Gasteiger partial charge >= 0.3 is 0 Å². The summed E-state index contributed by atoms with van der Waals surface area (Å²) in [6.07, 6.45) is 0. The van der Waals surface area contributed by atoms with Crippen molar-refractivity contribution in [2.45, 2.75) is 0 Å². The molecule has 6 heteroatoms. The number of hydrogen-bond donors (Lipinski definition) is 0. The number of hydrogen-bond acceptors (Lipinski definition) is 6. The minimum Gasteiger partial charge on any atom is -0.456 e. The molecular weight excluding hydrogens is 713 g/mol. The van der Waals surface area contributed by atoms with E-state index in [2.05, 4.69) is 97.1 Å². The minimum absolute atomic E-state index is 0.598. The van der Waals surface area contributed by atoms with Crippen LogP contribution >= 0.6 is 0 Å². The average molecular weight is 743 g/mol. The van der Waals surface area contributed by atoms with Gasteiger partial charge in [0.05, 0.1) is 11.2 Å². The molecule has 0 N–H and O–H groups in total. The van der Waals surface area contributed by atoms with Crippen LogP contribution in [-0.2, 0) is 0 Å². The molecule has 0 saturated carbocycles. The molecule has 270 valence electrons. The third kappa shape index (κ3) is 5.05. The van der Waals surface area contributed by atoms with Gasteiger partial charge in [-0.25, -0.2) is 19.9 Å². The van der Waals surface area contributed by atoms with Crippen LogP contribution in [0.15, 0.2) is 191 Å². The van der Waals surface area contributed by atoms with Crippen molar-refractivity contribution in [3.05, 3.63) is 182 Å². The van der Waals surface area contributed by atoms with Crippen molar-refractivity contribution < 1.29 is 8.83 Å². The maximum atomic E-state index is 6.72. The van der Waals surface area contributed by atoms with Gasteiger partial charge in [0, 0.05) is 71.1 Å².